The number of hydrogen-bond acceptors (Lipinski definition) is 6. The number of aromatic nitrogens is 5. The summed E-state index contributed by atoms with van der Waals surface area (Å²) in [6.07, 6.45) is -3.57. The van der Waals surface area contributed by atoms with Crippen molar-refractivity contribution in [3.63, 3.8) is 0 Å². The minimum absolute atomic E-state index is 0.0598. The van der Waals surface area contributed by atoms with Crippen LogP contribution in [-0.2, 0) is 17.6 Å². The van der Waals surface area contributed by atoms with Gasteiger partial charge < -0.3 is 10.1 Å². The first-order valence-electron chi connectivity index (χ1n) is 8.96. The maximum atomic E-state index is 13.0. The molecule has 2 rings (SSSR count). The molecule has 7 nitrogen and oxygen atoms in total. The van der Waals surface area contributed by atoms with Crippen LogP contribution in [0.1, 0.15) is 15.5 Å². The van der Waals surface area contributed by atoms with Crippen LogP contribution in [0.3, 0.4) is 0 Å². The zero-order chi connectivity index (χ0) is 21.2. The first-order chi connectivity index (χ1) is 12.7. The van der Waals surface area contributed by atoms with Gasteiger partial charge in [-0.1, -0.05) is 19.6 Å². The Kier molecular flexibility index (Phi) is 4.56. The molecule has 0 aliphatic carbocycles. The van der Waals surface area contributed by atoms with E-state index in [1.807, 2.05) is 0 Å². The number of anilines is 2. The molecule has 25 heavy (non-hydrogen) atoms. The first-order valence-corrected chi connectivity index (χ1v) is 11.2. The smallest absolute Gasteiger partial charge is 0.358 e. The second-order valence-corrected chi connectivity index (χ2v) is 12.2. The molecule has 0 saturated heterocycles. The molecule has 0 unspecified atom stereocenters. The van der Waals surface area contributed by atoms with Gasteiger partial charge in [0.05, 0.1) is 6.20 Å². The Morgan fingerprint density at radius 1 is 1.32 bits per heavy atom. The summed E-state index contributed by atoms with van der Waals surface area (Å²) in [5.41, 5.74) is -2.09. The zero-order valence-electron chi connectivity index (χ0n) is 17.1. The van der Waals surface area contributed by atoms with E-state index in [-0.39, 0.29) is 12.5 Å². The third-order valence-electron chi connectivity index (χ3n) is 3.00. The third-order valence-corrected chi connectivity index (χ3v) is 4.70. The molecule has 0 bridgehead atoms. The number of aryl methyl sites for hydroxylation is 1. The fourth-order valence-corrected chi connectivity index (χ4v) is 2.46. The predicted molar refractivity (Wildman–Crippen MR) is 89.2 cm³/mol. The average molecular weight is 377 g/mol. The van der Waals surface area contributed by atoms with Crippen molar-refractivity contribution in [3.8, 4) is 0 Å². The fourth-order valence-electron chi connectivity index (χ4n) is 1.70. The highest BCUT2D eigenvalue weighted by molar-refractivity contribution is 6.76. The number of alkyl halides is 3. The van der Waals surface area contributed by atoms with E-state index in [1.165, 1.54) is 11.0 Å². The molecular weight excluding hydrogens is 353 g/mol. The molecule has 0 aliphatic rings. The normalized spacial score (nSPS) is 14.7. The Hall–Kier alpha value is -2.01. The van der Waals surface area contributed by atoms with Crippen molar-refractivity contribution in [2.75, 3.05) is 11.9 Å². The van der Waals surface area contributed by atoms with Gasteiger partial charge in [-0.2, -0.15) is 23.1 Å². The van der Waals surface area contributed by atoms with Crippen LogP contribution in [0.5, 0.6) is 0 Å². The van der Waals surface area contributed by atoms with Crippen LogP contribution in [0.4, 0.5) is 24.9 Å². The lowest BCUT2D eigenvalue weighted by molar-refractivity contribution is -0.141. The summed E-state index contributed by atoms with van der Waals surface area (Å²) in [7, 11) is -1.22. The molecule has 0 aliphatic heterocycles. The molecule has 2 heterocycles. The lowest BCUT2D eigenvalue weighted by Gasteiger charge is -2.14. The van der Waals surface area contributed by atoms with Gasteiger partial charge in [-0.15, -0.1) is 5.10 Å². The fraction of sp³-hybridized carbons (Fsp3) is 0.571. The number of ether oxygens (including phenoxy) is 1. The largest absolute Gasteiger partial charge is 0.433 e. The molecule has 0 aromatic carbocycles. The van der Waals surface area contributed by atoms with Crippen LogP contribution in [-0.4, -0.2) is 39.6 Å². The van der Waals surface area contributed by atoms with Crippen molar-refractivity contribution >= 4 is 19.8 Å². The Morgan fingerprint density at radius 2 is 2.08 bits per heavy atom. The van der Waals surface area contributed by atoms with Crippen molar-refractivity contribution in [3.05, 3.63) is 23.7 Å². The van der Waals surface area contributed by atoms with E-state index in [0.29, 0.717) is 12.7 Å². The van der Waals surface area contributed by atoms with E-state index < -0.39 is 38.4 Å². The molecule has 2 aromatic heterocycles. The number of hydrogen-bond donors (Lipinski definition) is 1. The van der Waals surface area contributed by atoms with Crippen LogP contribution < -0.4 is 5.32 Å². The van der Waals surface area contributed by atoms with Crippen LogP contribution in [0.15, 0.2) is 12.3 Å². The van der Waals surface area contributed by atoms with Crippen LogP contribution >= 0.6 is 0 Å². The van der Waals surface area contributed by atoms with Crippen LogP contribution in [0, 0.1) is 6.85 Å². The SMILES string of the molecule is [2H]C([2H])([2H])c1cc(C(F)(F)F)nc(Nc2cnn(COCC[Si](C)(C)C)n2)n1. The molecule has 0 spiro atoms. The Balaban J connectivity index is 2.10. The first kappa shape index (κ1) is 15.3. The van der Waals surface area contributed by atoms with E-state index in [9.17, 15) is 13.2 Å². The van der Waals surface area contributed by atoms with Gasteiger partial charge in [-0.3, -0.25) is 0 Å². The standard InChI is InChI=1S/C14H21F3N6OSi/c1-10-7-11(14(15,16)17)20-13(19-10)21-12-8-18-23(22-12)9-24-5-6-25(2,3)4/h7-8H,5-6,9H2,1-4H3,(H,19,20,21,22)/i1D3. The third kappa shape index (κ3) is 6.42. The number of halogens is 3. The zero-order valence-corrected chi connectivity index (χ0v) is 15.1. The van der Waals surface area contributed by atoms with E-state index in [2.05, 4.69) is 45.1 Å². The van der Waals surface area contributed by atoms with Gasteiger partial charge in [0, 0.05) is 24.5 Å². The van der Waals surface area contributed by atoms with Gasteiger partial charge in [0.1, 0.15) is 5.69 Å². The minimum Gasteiger partial charge on any atom is -0.358 e. The van der Waals surface area contributed by atoms with Crippen molar-refractivity contribution in [1.82, 2.24) is 25.0 Å². The van der Waals surface area contributed by atoms with Gasteiger partial charge in [-0.05, 0) is 19.0 Å². The average Bonchev–Trinajstić information content (AvgIpc) is 2.96. The summed E-state index contributed by atoms with van der Waals surface area (Å²) in [6.45, 7) is 4.46. The lowest BCUT2D eigenvalue weighted by atomic mass is 10.3. The maximum Gasteiger partial charge on any atom is 0.433 e. The second kappa shape index (κ2) is 7.48. The summed E-state index contributed by atoms with van der Waals surface area (Å²) >= 11 is 0. The van der Waals surface area contributed by atoms with Crippen LogP contribution in [0.25, 0.3) is 0 Å². The van der Waals surface area contributed by atoms with E-state index in [0.717, 1.165) is 6.04 Å². The Labute approximate surface area is 148 Å². The summed E-state index contributed by atoms with van der Waals surface area (Å²) in [5, 5.41) is 10.4. The molecular formula is C14H21F3N6OSi. The van der Waals surface area contributed by atoms with Gasteiger partial charge >= 0.3 is 6.18 Å². The molecule has 0 fully saturated rings. The maximum absolute atomic E-state index is 13.0. The molecule has 138 valence electrons. The van der Waals surface area contributed by atoms with Crippen molar-refractivity contribution < 1.29 is 22.0 Å². The highest BCUT2D eigenvalue weighted by Crippen LogP contribution is 2.28. The van der Waals surface area contributed by atoms with E-state index in [4.69, 9.17) is 8.85 Å². The highest BCUT2D eigenvalue weighted by atomic mass is 28.3. The Bertz CT molecular complexity index is 775. The number of nitrogens with zero attached hydrogens (tertiary/aromatic N) is 5. The predicted octanol–water partition coefficient (Wildman–Crippen LogP) is 3.45. The van der Waals surface area contributed by atoms with Crippen LogP contribution in [0.2, 0.25) is 25.7 Å². The monoisotopic (exact) mass is 377 g/mol. The van der Waals surface area contributed by atoms with Crippen molar-refractivity contribution in [1.29, 1.82) is 0 Å². The molecule has 0 radical (unpaired) electrons. The van der Waals surface area contributed by atoms with E-state index >= 15 is 0 Å². The molecule has 11 heteroatoms. The summed E-state index contributed by atoms with van der Waals surface area (Å²) < 4.78 is 66.3. The lowest BCUT2D eigenvalue weighted by Crippen LogP contribution is -2.22. The van der Waals surface area contributed by atoms with E-state index in [1.54, 1.807) is 0 Å². The second-order valence-electron chi connectivity index (χ2n) is 6.53. The van der Waals surface area contributed by atoms with Crippen molar-refractivity contribution in [2.45, 2.75) is 45.4 Å². The van der Waals surface area contributed by atoms with Gasteiger partial charge in [-0.25, -0.2) is 9.97 Å². The molecule has 0 saturated carbocycles. The van der Waals surface area contributed by atoms with Crippen molar-refractivity contribution in [2.24, 2.45) is 0 Å². The summed E-state index contributed by atoms with van der Waals surface area (Å²) in [6, 6.07) is 1.37. The Morgan fingerprint density at radius 3 is 2.72 bits per heavy atom. The topological polar surface area (TPSA) is 77.8 Å². The quantitative estimate of drug-likeness (QED) is 0.588. The number of nitrogens with one attached hydrogen (secondary N) is 1. The molecule has 0 atom stereocenters. The molecule has 1 N–H and O–H groups in total. The van der Waals surface area contributed by atoms with Gasteiger partial charge in [0.15, 0.2) is 12.5 Å². The highest BCUT2D eigenvalue weighted by Gasteiger charge is 2.33. The molecule has 2 aromatic rings. The summed E-state index contributed by atoms with van der Waals surface area (Å²) in [4.78, 5) is 8.17. The number of rotatable bonds is 7. The van der Waals surface area contributed by atoms with Gasteiger partial charge in [0.25, 0.3) is 0 Å². The molecule has 0 amide bonds. The summed E-state index contributed by atoms with van der Waals surface area (Å²) in [5.74, 6) is -0.475. The minimum atomic E-state index is -4.82. The van der Waals surface area contributed by atoms with Gasteiger partial charge in [0.2, 0.25) is 5.95 Å².